The summed E-state index contributed by atoms with van der Waals surface area (Å²) in [6, 6.07) is 8.02. The van der Waals surface area contributed by atoms with Gasteiger partial charge in [0.05, 0.1) is 0 Å². The number of hydrogen-bond acceptors (Lipinski definition) is 4. The van der Waals surface area contributed by atoms with E-state index in [-0.39, 0.29) is 11.9 Å². The quantitative estimate of drug-likeness (QED) is 0.865. The van der Waals surface area contributed by atoms with Crippen molar-refractivity contribution in [3.05, 3.63) is 48.0 Å². The number of carbonyl (C=O) groups is 1. The van der Waals surface area contributed by atoms with Gasteiger partial charge in [-0.2, -0.15) is 5.10 Å². The van der Waals surface area contributed by atoms with Crippen LogP contribution in [-0.4, -0.2) is 38.7 Å². The minimum Gasteiger partial charge on any atom is -0.350 e. The Balaban J connectivity index is 1.61. The first-order valence-corrected chi connectivity index (χ1v) is 9.44. The topological polar surface area (TPSA) is 63.1 Å². The summed E-state index contributed by atoms with van der Waals surface area (Å²) in [7, 11) is 0. The lowest BCUT2D eigenvalue weighted by molar-refractivity contribution is -0.124. The average molecular weight is 355 g/mol. The fourth-order valence-corrected chi connectivity index (χ4v) is 3.91. The molecule has 1 aliphatic rings. The summed E-state index contributed by atoms with van der Waals surface area (Å²) in [6.07, 6.45) is 4.32. The molecule has 2 heterocycles. The second kappa shape index (κ2) is 8.45. The Morgan fingerprint density at radius 2 is 1.92 bits per heavy atom. The normalized spacial score (nSPS) is 22.1. The molecular formula is C20H29N5O. The molecule has 0 spiro atoms. The van der Waals surface area contributed by atoms with E-state index in [9.17, 15) is 4.79 Å². The van der Waals surface area contributed by atoms with Gasteiger partial charge >= 0.3 is 0 Å². The molecule has 0 saturated carbocycles. The van der Waals surface area contributed by atoms with Crippen LogP contribution in [0.2, 0.25) is 0 Å². The van der Waals surface area contributed by atoms with E-state index in [1.807, 2.05) is 13.0 Å². The van der Waals surface area contributed by atoms with E-state index in [2.05, 4.69) is 52.3 Å². The number of benzene rings is 1. The zero-order chi connectivity index (χ0) is 18.5. The first kappa shape index (κ1) is 18.6. The van der Waals surface area contributed by atoms with Crippen molar-refractivity contribution in [1.82, 2.24) is 25.0 Å². The molecule has 1 N–H and O–H groups in total. The summed E-state index contributed by atoms with van der Waals surface area (Å²) in [6.45, 7) is 10.3. The zero-order valence-corrected chi connectivity index (χ0v) is 15.9. The molecule has 1 fully saturated rings. The van der Waals surface area contributed by atoms with Gasteiger partial charge in [0.1, 0.15) is 18.7 Å². The highest BCUT2D eigenvalue weighted by molar-refractivity contribution is 5.79. The number of piperidine rings is 1. The van der Waals surface area contributed by atoms with Crippen molar-refractivity contribution in [3.63, 3.8) is 0 Å². The Kier molecular flexibility index (Phi) is 6.04. The lowest BCUT2D eigenvalue weighted by atomic mass is 9.91. The zero-order valence-electron chi connectivity index (χ0n) is 15.9. The monoisotopic (exact) mass is 355 g/mol. The third kappa shape index (κ3) is 4.69. The third-order valence-corrected chi connectivity index (χ3v) is 5.12. The minimum absolute atomic E-state index is 0.0504. The first-order valence-electron chi connectivity index (χ1n) is 9.44. The summed E-state index contributed by atoms with van der Waals surface area (Å²) in [5.41, 5.74) is 2.47. The Bertz CT molecular complexity index is 705. The average Bonchev–Trinajstić information content (AvgIpc) is 3.13. The molecule has 3 atom stereocenters. The molecule has 26 heavy (non-hydrogen) atoms. The predicted molar refractivity (Wildman–Crippen MR) is 101 cm³/mol. The van der Waals surface area contributed by atoms with Gasteiger partial charge < -0.3 is 5.32 Å². The highest BCUT2D eigenvalue weighted by Crippen LogP contribution is 2.23. The molecule has 1 amide bonds. The van der Waals surface area contributed by atoms with Crippen LogP contribution < -0.4 is 5.32 Å². The maximum Gasteiger partial charge on any atom is 0.244 e. The number of carbonyl (C=O) groups excluding carboxylic acids is 1. The molecule has 1 aromatic carbocycles. The molecule has 1 saturated heterocycles. The number of amides is 1. The van der Waals surface area contributed by atoms with E-state index in [0.29, 0.717) is 6.54 Å². The van der Waals surface area contributed by atoms with E-state index in [4.69, 9.17) is 0 Å². The summed E-state index contributed by atoms with van der Waals surface area (Å²) >= 11 is 0. The molecule has 0 unspecified atom stereocenters. The van der Waals surface area contributed by atoms with Gasteiger partial charge in [-0.25, -0.2) is 9.67 Å². The molecule has 0 radical (unpaired) electrons. The molecule has 1 aliphatic heterocycles. The third-order valence-electron chi connectivity index (χ3n) is 5.12. The molecule has 6 nitrogen and oxygen atoms in total. The highest BCUT2D eigenvalue weighted by Gasteiger charge is 2.22. The van der Waals surface area contributed by atoms with Crippen LogP contribution >= 0.6 is 0 Å². The van der Waals surface area contributed by atoms with Crippen molar-refractivity contribution in [2.45, 2.75) is 46.3 Å². The van der Waals surface area contributed by atoms with Crippen molar-refractivity contribution in [1.29, 1.82) is 0 Å². The second-order valence-corrected chi connectivity index (χ2v) is 7.68. The van der Waals surface area contributed by atoms with E-state index in [0.717, 1.165) is 31.5 Å². The number of hydrogen-bond donors (Lipinski definition) is 1. The van der Waals surface area contributed by atoms with Crippen LogP contribution in [0, 0.1) is 11.8 Å². The summed E-state index contributed by atoms with van der Waals surface area (Å²) in [4.78, 5) is 18.8. The highest BCUT2D eigenvalue weighted by atomic mass is 16.2. The van der Waals surface area contributed by atoms with Crippen molar-refractivity contribution in [2.75, 3.05) is 13.1 Å². The first-order chi connectivity index (χ1) is 12.5. The van der Waals surface area contributed by atoms with Crippen LogP contribution in [0.5, 0.6) is 0 Å². The molecule has 6 heteroatoms. The number of aromatic nitrogens is 3. The van der Waals surface area contributed by atoms with Crippen LogP contribution in [0.15, 0.2) is 36.9 Å². The van der Waals surface area contributed by atoms with E-state index in [1.54, 1.807) is 11.0 Å². The SMILES string of the molecule is C[C@@H]1C[C@H](C)CN(Cc2ccccc2CNC(=O)[C@H](C)n2cncn2)C1. The van der Waals surface area contributed by atoms with Crippen molar-refractivity contribution >= 4 is 5.91 Å². The molecule has 2 aromatic rings. The summed E-state index contributed by atoms with van der Waals surface area (Å²) in [5.74, 6) is 1.44. The van der Waals surface area contributed by atoms with Crippen LogP contribution in [0.25, 0.3) is 0 Å². The van der Waals surface area contributed by atoms with Gasteiger partial charge in [0.2, 0.25) is 5.91 Å². The van der Waals surface area contributed by atoms with Gasteiger partial charge in [-0.1, -0.05) is 38.1 Å². The van der Waals surface area contributed by atoms with Crippen LogP contribution in [0.1, 0.15) is 44.4 Å². The van der Waals surface area contributed by atoms with Gasteiger partial charge in [-0.15, -0.1) is 0 Å². The number of nitrogens with one attached hydrogen (secondary N) is 1. The maximum atomic E-state index is 12.4. The molecule has 0 bridgehead atoms. The maximum absolute atomic E-state index is 12.4. The van der Waals surface area contributed by atoms with Gasteiger partial charge in [-0.05, 0) is 36.3 Å². The van der Waals surface area contributed by atoms with E-state index in [1.165, 1.54) is 23.9 Å². The second-order valence-electron chi connectivity index (χ2n) is 7.68. The van der Waals surface area contributed by atoms with Crippen molar-refractivity contribution in [3.8, 4) is 0 Å². The number of likely N-dealkylation sites (tertiary alicyclic amines) is 1. The van der Waals surface area contributed by atoms with Gasteiger partial charge in [-0.3, -0.25) is 9.69 Å². The minimum atomic E-state index is -0.367. The van der Waals surface area contributed by atoms with Crippen molar-refractivity contribution < 1.29 is 4.79 Å². The van der Waals surface area contributed by atoms with Crippen molar-refractivity contribution in [2.24, 2.45) is 11.8 Å². The fraction of sp³-hybridized carbons (Fsp3) is 0.550. The summed E-state index contributed by atoms with van der Waals surface area (Å²) < 4.78 is 1.57. The lowest BCUT2D eigenvalue weighted by Crippen LogP contribution is -2.38. The fourth-order valence-electron chi connectivity index (χ4n) is 3.91. The molecule has 3 rings (SSSR count). The Morgan fingerprint density at radius 3 is 2.58 bits per heavy atom. The van der Waals surface area contributed by atoms with E-state index >= 15 is 0 Å². The summed E-state index contributed by atoms with van der Waals surface area (Å²) in [5, 5.41) is 7.08. The van der Waals surface area contributed by atoms with Crippen LogP contribution in [0.3, 0.4) is 0 Å². The van der Waals surface area contributed by atoms with Gasteiger partial charge in [0, 0.05) is 26.2 Å². The molecule has 0 aliphatic carbocycles. The van der Waals surface area contributed by atoms with Crippen LogP contribution in [0.4, 0.5) is 0 Å². The largest absolute Gasteiger partial charge is 0.350 e. The molecular weight excluding hydrogens is 326 g/mol. The molecule has 1 aromatic heterocycles. The lowest BCUT2D eigenvalue weighted by Gasteiger charge is -2.35. The van der Waals surface area contributed by atoms with Crippen LogP contribution in [-0.2, 0) is 17.9 Å². The standard InChI is InChI=1S/C20H29N5O/c1-15-8-16(2)11-24(10-15)12-19-7-5-4-6-18(19)9-22-20(26)17(3)25-14-21-13-23-25/h4-7,13-17H,8-12H2,1-3H3,(H,22,26)/t15-,16+,17-/m0/s1. The van der Waals surface area contributed by atoms with E-state index < -0.39 is 0 Å². The Hall–Kier alpha value is -2.21. The van der Waals surface area contributed by atoms with Gasteiger partial charge in [0.25, 0.3) is 0 Å². The molecule has 140 valence electrons. The number of nitrogens with zero attached hydrogens (tertiary/aromatic N) is 4. The van der Waals surface area contributed by atoms with Gasteiger partial charge in [0.15, 0.2) is 0 Å². The Morgan fingerprint density at radius 1 is 1.23 bits per heavy atom. The smallest absolute Gasteiger partial charge is 0.244 e. The Labute approximate surface area is 155 Å². The number of rotatable bonds is 6. The predicted octanol–water partition coefficient (Wildman–Crippen LogP) is 2.63.